The molecule has 0 aromatic rings. The molecule has 5 heteroatoms. The number of nitrogens with one attached hydrogen (secondary N) is 1. The predicted molar refractivity (Wildman–Crippen MR) is 55.5 cm³/mol. The van der Waals surface area contributed by atoms with E-state index in [9.17, 15) is 9.59 Å². The van der Waals surface area contributed by atoms with E-state index in [1.165, 1.54) is 0 Å². The summed E-state index contributed by atoms with van der Waals surface area (Å²) in [6.07, 6.45) is 2.07. The van der Waals surface area contributed by atoms with E-state index in [-0.39, 0.29) is 0 Å². The summed E-state index contributed by atoms with van der Waals surface area (Å²) >= 11 is 0. The smallest absolute Gasteiger partial charge is 0.394 e. The second-order valence-electron chi connectivity index (χ2n) is 3.89. The Morgan fingerprint density at radius 1 is 1.40 bits per heavy atom. The van der Waals surface area contributed by atoms with Gasteiger partial charge >= 0.3 is 11.9 Å². The summed E-state index contributed by atoms with van der Waals surface area (Å²) in [6, 6.07) is 0. The molecule has 1 aliphatic rings. The first-order valence-electron chi connectivity index (χ1n) is 5.37. The van der Waals surface area contributed by atoms with Gasteiger partial charge in [0.05, 0.1) is 0 Å². The quantitative estimate of drug-likeness (QED) is 0.645. The molecule has 2 N–H and O–H groups in total. The van der Waals surface area contributed by atoms with Gasteiger partial charge in [-0.05, 0) is 38.4 Å². The molecule has 1 saturated heterocycles. The molecule has 1 amide bonds. The number of amides is 1. The van der Waals surface area contributed by atoms with Crippen LogP contribution >= 0.6 is 0 Å². The van der Waals surface area contributed by atoms with E-state index in [1.54, 1.807) is 0 Å². The van der Waals surface area contributed by atoms with E-state index < -0.39 is 11.9 Å². The highest BCUT2D eigenvalue weighted by molar-refractivity contribution is 6.31. The van der Waals surface area contributed by atoms with Crippen molar-refractivity contribution in [2.24, 2.45) is 5.92 Å². The van der Waals surface area contributed by atoms with Crippen molar-refractivity contribution >= 4 is 11.9 Å². The van der Waals surface area contributed by atoms with Crippen LogP contribution in [0.15, 0.2) is 0 Å². The lowest BCUT2D eigenvalue weighted by Gasteiger charge is -2.30. The summed E-state index contributed by atoms with van der Waals surface area (Å²) in [5, 5.41) is 10.8. The molecule has 1 aliphatic heterocycles. The molecule has 5 nitrogen and oxygen atoms in total. The summed E-state index contributed by atoms with van der Waals surface area (Å²) in [5.74, 6) is -1.87. The Balaban J connectivity index is 2.19. The van der Waals surface area contributed by atoms with E-state index in [1.807, 2.05) is 0 Å². The van der Waals surface area contributed by atoms with Gasteiger partial charge in [-0.3, -0.25) is 4.79 Å². The van der Waals surface area contributed by atoms with E-state index in [4.69, 9.17) is 5.11 Å². The van der Waals surface area contributed by atoms with Crippen molar-refractivity contribution in [1.82, 2.24) is 10.2 Å². The molecule has 0 unspecified atom stereocenters. The van der Waals surface area contributed by atoms with Crippen molar-refractivity contribution in [2.75, 3.05) is 26.2 Å². The number of nitrogens with zero attached hydrogens (tertiary/aromatic N) is 1. The summed E-state index contributed by atoms with van der Waals surface area (Å²) in [4.78, 5) is 23.4. The average Bonchev–Trinajstić information content (AvgIpc) is 2.26. The maximum Gasteiger partial charge on any atom is 0.394 e. The van der Waals surface area contributed by atoms with Crippen LogP contribution in [0.3, 0.4) is 0 Å². The zero-order chi connectivity index (χ0) is 11.3. The van der Waals surface area contributed by atoms with Crippen molar-refractivity contribution in [3.8, 4) is 0 Å². The van der Waals surface area contributed by atoms with Gasteiger partial charge in [0, 0.05) is 6.54 Å². The molecule has 1 heterocycles. The minimum Gasteiger partial charge on any atom is -0.474 e. The highest BCUT2D eigenvalue weighted by Gasteiger charge is 2.19. The number of carboxylic acids is 1. The molecule has 0 aliphatic carbocycles. The van der Waals surface area contributed by atoms with Crippen molar-refractivity contribution in [3.63, 3.8) is 0 Å². The zero-order valence-electron chi connectivity index (χ0n) is 9.03. The van der Waals surface area contributed by atoms with Gasteiger partial charge in [0.2, 0.25) is 0 Å². The van der Waals surface area contributed by atoms with E-state index in [0.29, 0.717) is 12.5 Å². The molecule has 0 atom stereocenters. The highest BCUT2D eigenvalue weighted by atomic mass is 16.4. The Bertz CT molecular complexity index is 235. The molecule has 0 bridgehead atoms. The Morgan fingerprint density at radius 2 is 2.00 bits per heavy atom. The third-order valence-electron chi connectivity index (χ3n) is 2.90. The third kappa shape index (κ3) is 3.87. The number of rotatable bonds is 3. The summed E-state index contributed by atoms with van der Waals surface area (Å²) < 4.78 is 0. The first kappa shape index (κ1) is 12.0. The Morgan fingerprint density at radius 3 is 2.47 bits per heavy atom. The number of piperidine rings is 1. The van der Waals surface area contributed by atoms with Gasteiger partial charge in [0.15, 0.2) is 0 Å². The zero-order valence-corrected chi connectivity index (χ0v) is 9.03. The van der Waals surface area contributed by atoms with E-state index in [0.717, 1.165) is 32.5 Å². The van der Waals surface area contributed by atoms with Crippen LogP contribution in [0.4, 0.5) is 0 Å². The van der Waals surface area contributed by atoms with Crippen LogP contribution < -0.4 is 5.32 Å². The van der Waals surface area contributed by atoms with E-state index >= 15 is 0 Å². The molecule has 0 radical (unpaired) electrons. The fourth-order valence-corrected chi connectivity index (χ4v) is 1.82. The molecule has 0 aromatic carbocycles. The van der Waals surface area contributed by atoms with Gasteiger partial charge in [-0.2, -0.15) is 0 Å². The van der Waals surface area contributed by atoms with Crippen molar-refractivity contribution in [1.29, 1.82) is 0 Å². The van der Waals surface area contributed by atoms with Gasteiger partial charge in [-0.25, -0.2) is 4.79 Å². The molecular formula is C10H18N2O3. The fraction of sp³-hybridized carbons (Fsp3) is 0.800. The predicted octanol–water partition coefficient (Wildman–Crippen LogP) is -0.0809. The molecule has 1 fully saturated rings. The lowest BCUT2D eigenvalue weighted by Crippen LogP contribution is -2.40. The Kier molecular flexibility index (Phi) is 4.55. The number of carbonyl (C=O) groups is 2. The van der Waals surface area contributed by atoms with E-state index in [2.05, 4.69) is 17.1 Å². The number of aliphatic carboxylic acids is 1. The molecule has 0 saturated carbocycles. The topological polar surface area (TPSA) is 69.6 Å². The van der Waals surface area contributed by atoms with Crippen LogP contribution in [0.2, 0.25) is 0 Å². The largest absolute Gasteiger partial charge is 0.474 e. The van der Waals surface area contributed by atoms with Gasteiger partial charge < -0.3 is 15.3 Å². The van der Waals surface area contributed by atoms with Gasteiger partial charge in [0.1, 0.15) is 0 Å². The van der Waals surface area contributed by atoms with Crippen molar-refractivity contribution in [3.05, 3.63) is 0 Å². The fourth-order valence-electron chi connectivity index (χ4n) is 1.82. The number of carboxylic acid groups (broad SMARTS) is 1. The summed E-state index contributed by atoms with van der Waals surface area (Å²) in [7, 11) is 0. The van der Waals surface area contributed by atoms with Crippen LogP contribution in [-0.2, 0) is 9.59 Å². The number of likely N-dealkylation sites (tertiary alicyclic amines) is 1. The standard InChI is InChI=1S/C10H18N2O3/c1-2-12-5-3-8(4-6-12)7-11-9(13)10(14)15/h8H,2-7H2,1H3,(H,11,13)(H,14,15). The maximum absolute atomic E-state index is 10.8. The van der Waals surface area contributed by atoms with Crippen LogP contribution in [0.5, 0.6) is 0 Å². The lowest BCUT2D eigenvalue weighted by atomic mass is 9.97. The van der Waals surface area contributed by atoms with Crippen molar-refractivity contribution < 1.29 is 14.7 Å². The SMILES string of the molecule is CCN1CCC(CNC(=O)C(=O)O)CC1. The maximum atomic E-state index is 10.8. The van der Waals surface area contributed by atoms with Crippen LogP contribution in [0.1, 0.15) is 19.8 Å². The first-order valence-corrected chi connectivity index (χ1v) is 5.37. The summed E-state index contributed by atoms with van der Waals surface area (Å²) in [5.41, 5.74) is 0. The Labute approximate surface area is 89.4 Å². The molecular weight excluding hydrogens is 196 g/mol. The number of carbonyl (C=O) groups excluding carboxylic acids is 1. The average molecular weight is 214 g/mol. The Hall–Kier alpha value is -1.10. The second-order valence-corrected chi connectivity index (χ2v) is 3.89. The minimum atomic E-state index is -1.40. The number of hydrogen-bond acceptors (Lipinski definition) is 3. The molecule has 0 aromatic heterocycles. The lowest BCUT2D eigenvalue weighted by molar-refractivity contribution is -0.150. The van der Waals surface area contributed by atoms with Crippen molar-refractivity contribution in [2.45, 2.75) is 19.8 Å². The van der Waals surface area contributed by atoms with Crippen LogP contribution in [0, 0.1) is 5.92 Å². The molecule has 86 valence electrons. The monoisotopic (exact) mass is 214 g/mol. The van der Waals surface area contributed by atoms with Crippen LogP contribution in [0.25, 0.3) is 0 Å². The molecule has 1 rings (SSSR count). The number of hydrogen-bond donors (Lipinski definition) is 2. The van der Waals surface area contributed by atoms with Gasteiger partial charge in [0.25, 0.3) is 0 Å². The molecule has 0 spiro atoms. The third-order valence-corrected chi connectivity index (χ3v) is 2.90. The van der Waals surface area contributed by atoms with Gasteiger partial charge in [-0.15, -0.1) is 0 Å². The molecule has 15 heavy (non-hydrogen) atoms. The minimum absolute atomic E-state index is 0.427. The summed E-state index contributed by atoms with van der Waals surface area (Å²) in [6.45, 7) is 5.78. The van der Waals surface area contributed by atoms with Crippen LogP contribution in [-0.4, -0.2) is 48.1 Å². The first-order chi connectivity index (χ1) is 7.13. The second kappa shape index (κ2) is 5.70. The van der Waals surface area contributed by atoms with Gasteiger partial charge in [-0.1, -0.05) is 6.92 Å². The highest BCUT2D eigenvalue weighted by Crippen LogP contribution is 2.15. The normalized spacial score (nSPS) is 18.7.